The minimum atomic E-state index is -0.0533. The molecule has 0 radical (unpaired) electrons. The second-order valence-corrected chi connectivity index (χ2v) is 4.38. The molecule has 0 bridgehead atoms. The lowest BCUT2D eigenvalue weighted by Crippen LogP contribution is -2.20. The van der Waals surface area contributed by atoms with Crippen molar-refractivity contribution in [1.29, 1.82) is 0 Å². The molecule has 88 valence electrons. The zero-order valence-corrected chi connectivity index (χ0v) is 10.4. The van der Waals surface area contributed by atoms with Crippen molar-refractivity contribution in [3.8, 4) is 0 Å². The minimum Gasteiger partial charge on any atom is -0.298 e. The molecule has 2 rings (SSSR count). The van der Waals surface area contributed by atoms with Crippen molar-refractivity contribution in [3.63, 3.8) is 0 Å². The molecule has 0 fully saturated rings. The lowest BCUT2D eigenvalue weighted by atomic mass is 10.1. The normalized spacial score (nSPS) is 10.7. The standard InChI is InChI=1S/C13H13ClN2O/c1-3-4-5-16-8-15-12-9(2)6-10(14)7-11(12)13(16)17/h3,6-8H,1,4-5H2,2H3. The average Bonchev–Trinajstić information content (AvgIpc) is 2.29. The van der Waals surface area contributed by atoms with Crippen LogP contribution in [0, 0.1) is 6.92 Å². The first-order valence-corrected chi connectivity index (χ1v) is 5.77. The molecule has 3 nitrogen and oxygen atoms in total. The van der Waals surface area contributed by atoms with E-state index in [1.54, 1.807) is 23.0 Å². The number of fused-ring (bicyclic) bond motifs is 1. The lowest BCUT2D eigenvalue weighted by molar-refractivity contribution is 0.674. The molecule has 1 aromatic heterocycles. The molecule has 0 amide bonds. The Labute approximate surface area is 104 Å². The number of aryl methyl sites for hydroxylation is 2. The molecule has 0 aliphatic heterocycles. The first-order chi connectivity index (χ1) is 8.13. The molecule has 4 heteroatoms. The van der Waals surface area contributed by atoms with Crippen LogP contribution in [0.4, 0.5) is 0 Å². The van der Waals surface area contributed by atoms with Gasteiger partial charge < -0.3 is 0 Å². The quantitative estimate of drug-likeness (QED) is 0.783. The molecule has 17 heavy (non-hydrogen) atoms. The summed E-state index contributed by atoms with van der Waals surface area (Å²) in [5.74, 6) is 0. The zero-order valence-electron chi connectivity index (χ0n) is 9.61. The topological polar surface area (TPSA) is 34.9 Å². The van der Waals surface area contributed by atoms with Gasteiger partial charge in [0.2, 0.25) is 0 Å². The van der Waals surface area contributed by atoms with Crippen LogP contribution in [0.3, 0.4) is 0 Å². The highest BCUT2D eigenvalue weighted by molar-refractivity contribution is 6.31. The first kappa shape index (κ1) is 11.9. The number of hydrogen-bond acceptors (Lipinski definition) is 2. The van der Waals surface area contributed by atoms with Crippen molar-refractivity contribution in [2.45, 2.75) is 19.9 Å². The molecule has 0 saturated heterocycles. The van der Waals surface area contributed by atoms with Gasteiger partial charge in [-0.05, 0) is 31.0 Å². The third-order valence-electron chi connectivity index (χ3n) is 2.66. The van der Waals surface area contributed by atoms with Crippen LogP contribution < -0.4 is 5.56 Å². The Balaban J connectivity index is 2.66. The van der Waals surface area contributed by atoms with Gasteiger partial charge in [-0.2, -0.15) is 0 Å². The smallest absolute Gasteiger partial charge is 0.261 e. The Morgan fingerprint density at radius 1 is 1.53 bits per heavy atom. The molecule has 2 aromatic rings. The van der Waals surface area contributed by atoms with E-state index in [9.17, 15) is 4.79 Å². The van der Waals surface area contributed by atoms with Crippen LogP contribution in [0.1, 0.15) is 12.0 Å². The summed E-state index contributed by atoms with van der Waals surface area (Å²) < 4.78 is 1.58. The monoisotopic (exact) mass is 248 g/mol. The van der Waals surface area contributed by atoms with E-state index in [1.165, 1.54) is 0 Å². The van der Waals surface area contributed by atoms with Gasteiger partial charge in [-0.1, -0.05) is 17.7 Å². The van der Waals surface area contributed by atoms with E-state index in [2.05, 4.69) is 11.6 Å². The lowest BCUT2D eigenvalue weighted by Gasteiger charge is -2.06. The summed E-state index contributed by atoms with van der Waals surface area (Å²) in [6.45, 7) is 6.13. The number of allylic oxidation sites excluding steroid dienone is 1. The van der Waals surface area contributed by atoms with Crippen molar-refractivity contribution in [1.82, 2.24) is 9.55 Å². The third-order valence-corrected chi connectivity index (χ3v) is 2.88. The molecule has 0 atom stereocenters. The van der Waals surface area contributed by atoms with E-state index < -0.39 is 0 Å². The fraction of sp³-hybridized carbons (Fsp3) is 0.231. The molecule has 1 heterocycles. The Bertz CT molecular complexity index is 631. The van der Waals surface area contributed by atoms with Crippen LogP contribution in [0.25, 0.3) is 10.9 Å². The maximum atomic E-state index is 12.2. The summed E-state index contributed by atoms with van der Waals surface area (Å²) in [5.41, 5.74) is 1.58. The van der Waals surface area contributed by atoms with E-state index in [0.29, 0.717) is 22.5 Å². The number of halogens is 1. The molecule has 0 N–H and O–H groups in total. The second kappa shape index (κ2) is 4.72. The predicted octanol–water partition coefficient (Wildman–Crippen LogP) is 2.93. The van der Waals surface area contributed by atoms with E-state index >= 15 is 0 Å². The van der Waals surface area contributed by atoms with Gasteiger partial charge >= 0.3 is 0 Å². The van der Waals surface area contributed by atoms with Gasteiger partial charge in [0.25, 0.3) is 5.56 Å². The number of nitrogens with zero attached hydrogens (tertiary/aromatic N) is 2. The van der Waals surface area contributed by atoms with Gasteiger partial charge in [0, 0.05) is 11.6 Å². The Morgan fingerprint density at radius 2 is 2.29 bits per heavy atom. The van der Waals surface area contributed by atoms with Crippen molar-refractivity contribution >= 4 is 22.5 Å². The van der Waals surface area contributed by atoms with Crippen LogP contribution in [0.5, 0.6) is 0 Å². The molecule has 1 aromatic carbocycles. The number of benzene rings is 1. The summed E-state index contributed by atoms with van der Waals surface area (Å²) >= 11 is 5.96. The van der Waals surface area contributed by atoms with E-state index in [1.807, 2.05) is 13.0 Å². The summed E-state index contributed by atoms with van der Waals surface area (Å²) in [5, 5.41) is 1.14. The highest BCUT2D eigenvalue weighted by atomic mass is 35.5. The summed E-state index contributed by atoms with van der Waals surface area (Å²) in [7, 11) is 0. The van der Waals surface area contributed by atoms with Gasteiger partial charge in [-0.3, -0.25) is 9.36 Å². The van der Waals surface area contributed by atoms with Crippen LogP contribution >= 0.6 is 11.6 Å². The highest BCUT2D eigenvalue weighted by Gasteiger charge is 2.07. The summed E-state index contributed by atoms with van der Waals surface area (Å²) in [4.78, 5) is 16.5. The van der Waals surface area contributed by atoms with Crippen molar-refractivity contribution in [2.24, 2.45) is 0 Å². The molecular weight excluding hydrogens is 236 g/mol. The molecule has 0 spiro atoms. The SMILES string of the molecule is C=CCCn1cnc2c(C)cc(Cl)cc2c1=O. The number of rotatable bonds is 3. The molecule has 0 aliphatic carbocycles. The van der Waals surface area contributed by atoms with E-state index in [0.717, 1.165) is 12.0 Å². The maximum absolute atomic E-state index is 12.2. The van der Waals surface area contributed by atoms with Crippen LogP contribution in [-0.2, 0) is 6.54 Å². The fourth-order valence-electron chi connectivity index (χ4n) is 1.79. The zero-order chi connectivity index (χ0) is 12.4. The molecule has 0 aliphatic rings. The van der Waals surface area contributed by atoms with Gasteiger partial charge in [-0.25, -0.2) is 4.98 Å². The Kier molecular flexibility index (Phi) is 3.29. The average molecular weight is 249 g/mol. The fourth-order valence-corrected chi connectivity index (χ4v) is 2.07. The predicted molar refractivity (Wildman–Crippen MR) is 70.6 cm³/mol. The molecular formula is C13H13ClN2O. The largest absolute Gasteiger partial charge is 0.298 e. The van der Waals surface area contributed by atoms with Gasteiger partial charge in [0.1, 0.15) is 0 Å². The second-order valence-electron chi connectivity index (χ2n) is 3.94. The van der Waals surface area contributed by atoms with Gasteiger partial charge in [0.05, 0.1) is 17.2 Å². The summed E-state index contributed by atoms with van der Waals surface area (Å²) in [6.07, 6.45) is 4.10. The van der Waals surface area contributed by atoms with Gasteiger partial charge in [0.15, 0.2) is 0 Å². The van der Waals surface area contributed by atoms with Crippen molar-refractivity contribution in [3.05, 3.63) is 52.1 Å². The van der Waals surface area contributed by atoms with E-state index in [-0.39, 0.29) is 5.56 Å². The summed E-state index contributed by atoms with van der Waals surface area (Å²) in [6, 6.07) is 3.48. The van der Waals surface area contributed by atoms with Crippen LogP contribution in [0.2, 0.25) is 5.02 Å². The van der Waals surface area contributed by atoms with Crippen LogP contribution in [-0.4, -0.2) is 9.55 Å². The highest BCUT2D eigenvalue weighted by Crippen LogP contribution is 2.18. The van der Waals surface area contributed by atoms with Crippen molar-refractivity contribution in [2.75, 3.05) is 0 Å². The van der Waals surface area contributed by atoms with Crippen LogP contribution in [0.15, 0.2) is 35.9 Å². The first-order valence-electron chi connectivity index (χ1n) is 5.39. The Hall–Kier alpha value is -1.61. The number of hydrogen-bond donors (Lipinski definition) is 0. The number of aromatic nitrogens is 2. The molecule has 0 saturated carbocycles. The Morgan fingerprint density at radius 3 is 3.00 bits per heavy atom. The van der Waals surface area contributed by atoms with E-state index in [4.69, 9.17) is 11.6 Å². The van der Waals surface area contributed by atoms with Gasteiger partial charge in [-0.15, -0.1) is 6.58 Å². The maximum Gasteiger partial charge on any atom is 0.261 e. The van der Waals surface area contributed by atoms with Crippen molar-refractivity contribution < 1.29 is 0 Å². The minimum absolute atomic E-state index is 0.0533. The third kappa shape index (κ3) is 2.24. The molecule has 0 unspecified atom stereocenters.